The van der Waals surface area contributed by atoms with Gasteiger partial charge >= 0.3 is 0 Å². The van der Waals surface area contributed by atoms with Gasteiger partial charge in [0.25, 0.3) is 10.0 Å². The van der Waals surface area contributed by atoms with Crippen molar-refractivity contribution in [1.82, 2.24) is 19.7 Å². The van der Waals surface area contributed by atoms with E-state index in [4.69, 9.17) is 11.6 Å². The predicted octanol–water partition coefficient (Wildman–Crippen LogP) is 0.731. The molecule has 9 heteroatoms. The van der Waals surface area contributed by atoms with Crippen LogP contribution >= 0.6 is 27.5 Å². The predicted molar refractivity (Wildman–Crippen MR) is 63.8 cm³/mol. The molecule has 1 unspecified atom stereocenters. The minimum absolute atomic E-state index is 0.00859. The summed E-state index contributed by atoms with van der Waals surface area (Å²) in [5, 5.41) is 7.23. The van der Waals surface area contributed by atoms with Crippen LogP contribution in [0.3, 0.4) is 0 Å². The molecule has 1 rings (SSSR count). The van der Waals surface area contributed by atoms with E-state index >= 15 is 0 Å². The molecule has 0 bridgehead atoms. The Morgan fingerprint density at radius 3 is 2.69 bits per heavy atom. The Labute approximate surface area is 108 Å². The Morgan fingerprint density at radius 2 is 2.25 bits per heavy atom. The molecule has 6 nitrogen and oxygen atoms in total. The van der Waals surface area contributed by atoms with Crippen molar-refractivity contribution in [2.45, 2.75) is 11.9 Å². The smallest absolute Gasteiger partial charge is 0.235 e. The largest absolute Gasteiger partial charge is 0.260 e. The Hall–Kier alpha value is -0.180. The lowest BCUT2D eigenvalue weighted by molar-refractivity contribution is 0.545. The number of halogens is 2. The molecule has 0 amide bonds. The van der Waals surface area contributed by atoms with Gasteiger partial charge < -0.3 is 0 Å². The Morgan fingerprint density at radius 1 is 1.62 bits per heavy atom. The van der Waals surface area contributed by atoms with Crippen molar-refractivity contribution in [3.05, 3.63) is 4.60 Å². The molecular weight excluding hydrogens is 320 g/mol. The van der Waals surface area contributed by atoms with Crippen LogP contribution < -0.4 is 4.72 Å². The highest BCUT2D eigenvalue weighted by Gasteiger charge is 2.23. The van der Waals surface area contributed by atoms with E-state index < -0.39 is 10.0 Å². The maximum Gasteiger partial charge on any atom is 0.260 e. The summed E-state index contributed by atoms with van der Waals surface area (Å²) >= 11 is 8.63. The van der Waals surface area contributed by atoms with Crippen LogP contribution in [0, 0.1) is 5.92 Å². The molecule has 1 heterocycles. The molecule has 16 heavy (non-hydrogen) atoms. The summed E-state index contributed by atoms with van der Waals surface area (Å²) in [5.41, 5.74) is 0. The van der Waals surface area contributed by atoms with E-state index in [0.29, 0.717) is 5.88 Å². The molecule has 0 fully saturated rings. The quantitative estimate of drug-likeness (QED) is 0.807. The SMILES string of the molecule is CC(CCl)CNS(=O)(=O)c1c(Br)nnn1C. The van der Waals surface area contributed by atoms with E-state index in [9.17, 15) is 8.42 Å². The molecule has 0 saturated heterocycles. The van der Waals surface area contributed by atoms with Gasteiger partial charge in [-0.25, -0.2) is 17.8 Å². The minimum atomic E-state index is -3.60. The highest BCUT2D eigenvalue weighted by molar-refractivity contribution is 9.10. The minimum Gasteiger partial charge on any atom is -0.235 e. The number of nitrogens with one attached hydrogen (secondary N) is 1. The molecule has 0 radical (unpaired) electrons. The summed E-state index contributed by atoms with van der Waals surface area (Å²) in [5.74, 6) is 0.462. The molecule has 0 spiro atoms. The van der Waals surface area contributed by atoms with E-state index in [1.807, 2.05) is 6.92 Å². The Balaban J connectivity index is 2.87. The summed E-state index contributed by atoms with van der Waals surface area (Å²) in [6, 6.07) is 0. The molecule has 0 saturated carbocycles. The number of aryl methyl sites for hydroxylation is 1. The number of nitrogens with zero attached hydrogens (tertiary/aromatic N) is 3. The van der Waals surface area contributed by atoms with Crippen molar-refractivity contribution >= 4 is 37.6 Å². The second-order valence-electron chi connectivity index (χ2n) is 3.42. The van der Waals surface area contributed by atoms with Gasteiger partial charge in [-0.15, -0.1) is 16.7 Å². The molecule has 1 atom stereocenters. The number of hydrogen-bond acceptors (Lipinski definition) is 4. The van der Waals surface area contributed by atoms with Gasteiger partial charge in [0.15, 0.2) is 4.60 Å². The topological polar surface area (TPSA) is 76.9 Å². The molecular formula is C7H12BrClN4O2S. The average molecular weight is 332 g/mol. The maximum absolute atomic E-state index is 11.9. The van der Waals surface area contributed by atoms with Crippen LogP contribution in [-0.4, -0.2) is 35.8 Å². The van der Waals surface area contributed by atoms with Crippen LogP contribution in [0.25, 0.3) is 0 Å². The van der Waals surface area contributed by atoms with E-state index in [0.717, 1.165) is 0 Å². The molecule has 92 valence electrons. The normalized spacial score (nSPS) is 14.0. The lowest BCUT2D eigenvalue weighted by Gasteiger charge is -2.09. The van der Waals surface area contributed by atoms with Gasteiger partial charge in [-0.2, -0.15) is 0 Å². The Kier molecular flexibility index (Phi) is 4.72. The first-order valence-corrected chi connectivity index (χ1v) is 7.30. The van der Waals surface area contributed by atoms with E-state index in [2.05, 4.69) is 31.0 Å². The number of hydrogen-bond donors (Lipinski definition) is 1. The van der Waals surface area contributed by atoms with Gasteiger partial charge in [-0.1, -0.05) is 12.1 Å². The number of alkyl halides is 1. The van der Waals surface area contributed by atoms with Gasteiger partial charge in [0, 0.05) is 19.5 Å². The van der Waals surface area contributed by atoms with Crippen LogP contribution in [-0.2, 0) is 17.1 Å². The molecule has 1 aromatic rings. The summed E-state index contributed by atoms with van der Waals surface area (Å²) in [4.78, 5) is 0. The van der Waals surface area contributed by atoms with Crippen LogP contribution in [0.5, 0.6) is 0 Å². The van der Waals surface area contributed by atoms with Crippen LogP contribution in [0.4, 0.5) is 0 Å². The van der Waals surface area contributed by atoms with Crippen molar-refractivity contribution in [3.63, 3.8) is 0 Å². The third-order valence-electron chi connectivity index (χ3n) is 1.88. The van der Waals surface area contributed by atoms with Crippen LogP contribution in [0.15, 0.2) is 9.63 Å². The monoisotopic (exact) mass is 330 g/mol. The van der Waals surface area contributed by atoms with Crippen LogP contribution in [0.2, 0.25) is 0 Å². The first-order valence-electron chi connectivity index (χ1n) is 4.49. The molecule has 0 aromatic carbocycles. The standard InChI is InChI=1S/C7H12BrClN4O2S/c1-5(3-9)4-10-16(14,15)7-6(8)11-12-13(7)2/h5,10H,3-4H2,1-2H3. The van der Waals surface area contributed by atoms with E-state index in [1.54, 1.807) is 0 Å². The van der Waals surface area contributed by atoms with Crippen molar-refractivity contribution in [3.8, 4) is 0 Å². The average Bonchev–Trinajstić information content (AvgIpc) is 2.55. The Bertz CT molecular complexity index is 441. The molecule has 0 aliphatic heterocycles. The van der Waals surface area contributed by atoms with Crippen molar-refractivity contribution < 1.29 is 8.42 Å². The highest BCUT2D eigenvalue weighted by Crippen LogP contribution is 2.17. The van der Waals surface area contributed by atoms with Crippen molar-refractivity contribution in [1.29, 1.82) is 0 Å². The van der Waals surface area contributed by atoms with Gasteiger partial charge in [0.2, 0.25) is 5.03 Å². The first-order chi connectivity index (χ1) is 7.38. The third kappa shape index (κ3) is 3.16. The van der Waals surface area contributed by atoms with Crippen molar-refractivity contribution in [2.24, 2.45) is 13.0 Å². The van der Waals surface area contributed by atoms with Crippen LogP contribution in [0.1, 0.15) is 6.92 Å². The zero-order valence-corrected chi connectivity index (χ0v) is 12.0. The second-order valence-corrected chi connectivity index (χ2v) is 6.16. The second kappa shape index (κ2) is 5.44. The summed E-state index contributed by atoms with van der Waals surface area (Å²) < 4.78 is 27.6. The van der Waals surface area contributed by atoms with E-state index in [1.165, 1.54) is 11.7 Å². The molecule has 0 aliphatic carbocycles. The fraction of sp³-hybridized carbons (Fsp3) is 0.714. The molecule has 0 aliphatic rings. The zero-order chi connectivity index (χ0) is 12.3. The van der Waals surface area contributed by atoms with Gasteiger partial charge in [0.1, 0.15) is 0 Å². The molecule has 1 aromatic heterocycles. The lowest BCUT2D eigenvalue weighted by Crippen LogP contribution is -2.30. The number of rotatable bonds is 5. The number of aromatic nitrogens is 3. The summed E-state index contributed by atoms with van der Waals surface area (Å²) in [7, 11) is -2.09. The number of sulfonamides is 1. The van der Waals surface area contributed by atoms with Gasteiger partial charge in [-0.05, 0) is 21.8 Å². The van der Waals surface area contributed by atoms with Gasteiger partial charge in [0.05, 0.1) is 0 Å². The highest BCUT2D eigenvalue weighted by atomic mass is 79.9. The first kappa shape index (κ1) is 13.9. The van der Waals surface area contributed by atoms with E-state index in [-0.39, 0.29) is 22.1 Å². The fourth-order valence-corrected chi connectivity index (χ4v) is 3.35. The maximum atomic E-state index is 11.9. The summed E-state index contributed by atoms with van der Waals surface area (Å²) in [6.45, 7) is 2.13. The molecule has 1 N–H and O–H groups in total. The third-order valence-corrected chi connectivity index (χ3v) is 4.71. The lowest BCUT2D eigenvalue weighted by atomic mass is 10.2. The van der Waals surface area contributed by atoms with Crippen molar-refractivity contribution in [2.75, 3.05) is 12.4 Å². The zero-order valence-electron chi connectivity index (χ0n) is 8.81. The summed E-state index contributed by atoms with van der Waals surface area (Å²) in [6.07, 6.45) is 0. The van der Waals surface area contributed by atoms with Gasteiger partial charge in [-0.3, -0.25) is 0 Å². The fourth-order valence-electron chi connectivity index (χ4n) is 0.983.